The van der Waals surface area contributed by atoms with Crippen LogP contribution < -0.4 is 11.1 Å². The SMILES string of the molecule is C[C@@H](NC(=O)C(C)(C)C)C(=O)O[C@@H](C(N)=O)c1ccc(F)cc1. The number of rotatable bonds is 5. The summed E-state index contributed by atoms with van der Waals surface area (Å²) in [4.78, 5) is 35.4. The van der Waals surface area contributed by atoms with E-state index in [1.165, 1.54) is 19.1 Å². The molecule has 0 spiro atoms. The average molecular weight is 324 g/mol. The van der Waals surface area contributed by atoms with Gasteiger partial charge in [-0.05, 0) is 19.1 Å². The van der Waals surface area contributed by atoms with Crippen LogP contribution in [-0.2, 0) is 19.1 Å². The fraction of sp³-hybridized carbons (Fsp3) is 0.438. The van der Waals surface area contributed by atoms with Crippen molar-refractivity contribution in [3.8, 4) is 0 Å². The van der Waals surface area contributed by atoms with Gasteiger partial charge in [0, 0.05) is 11.0 Å². The molecule has 0 aromatic heterocycles. The van der Waals surface area contributed by atoms with Crippen LogP contribution in [0.5, 0.6) is 0 Å². The standard InChI is InChI=1S/C16H21FN2O4/c1-9(19-15(22)16(2,3)4)14(21)23-12(13(18)20)10-5-7-11(17)8-6-10/h5-9,12H,1-4H3,(H2,18,20)(H,19,22)/t9-,12-/m1/s1. The highest BCUT2D eigenvalue weighted by Crippen LogP contribution is 2.19. The maximum absolute atomic E-state index is 12.9. The van der Waals surface area contributed by atoms with Crippen molar-refractivity contribution in [1.29, 1.82) is 0 Å². The first-order chi connectivity index (χ1) is 10.5. The lowest BCUT2D eigenvalue weighted by atomic mass is 9.95. The molecular weight excluding hydrogens is 303 g/mol. The third kappa shape index (κ3) is 5.36. The lowest BCUT2D eigenvalue weighted by Crippen LogP contribution is -2.45. The number of esters is 1. The molecule has 1 aromatic rings. The fourth-order valence-electron chi connectivity index (χ4n) is 1.62. The maximum atomic E-state index is 12.9. The minimum atomic E-state index is -1.35. The number of halogens is 1. The van der Waals surface area contributed by atoms with Gasteiger partial charge >= 0.3 is 5.97 Å². The highest BCUT2D eigenvalue weighted by Gasteiger charge is 2.29. The Kier molecular flexibility index (Phi) is 5.84. The monoisotopic (exact) mass is 324 g/mol. The van der Waals surface area contributed by atoms with Crippen molar-refractivity contribution >= 4 is 17.8 Å². The van der Waals surface area contributed by atoms with Crippen molar-refractivity contribution < 1.29 is 23.5 Å². The Morgan fingerprint density at radius 2 is 1.70 bits per heavy atom. The molecule has 3 N–H and O–H groups in total. The zero-order valence-electron chi connectivity index (χ0n) is 13.6. The Morgan fingerprint density at radius 1 is 1.17 bits per heavy atom. The molecule has 0 aliphatic carbocycles. The molecule has 23 heavy (non-hydrogen) atoms. The van der Waals surface area contributed by atoms with E-state index >= 15 is 0 Å². The topological polar surface area (TPSA) is 98.5 Å². The fourth-order valence-corrected chi connectivity index (χ4v) is 1.62. The zero-order valence-corrected chi connectivity index (χ0v) is 13.6. The van der Waals surface area contributed by atoms with Crippen molar-refractivity contribution in [3.05, 3.63) is 35.6 Å². The second-order valence-electron chi connectivity index (χ2n) is 6.22. The number of amides is 2. The molecular formula is C16H21FN2O4. The quantitative estimate of drug-likeness (QED) is 0.801. The van der Waals surface area contributed by atoms with Crippen molar-refractivity contribution in [1.82, 2.24) is 5.32 Å². The van der Waals surface area contributed by atoms with Crippen LogP contribution in [-0.4, -0.2) is 23.8 Å². The minimum absolute atomic E-state index is 0.251. The first kappa shape index (κ1) is 18.6. The molecule has 0 aliphatic heterocycles. The Labute approximate surface area is 134 Å². The van der Waals surface area contributed by atoms with Gasteiger partial charge in [0.1, 0.15) is 11.9 Å². The first-order valence-electron chi connectivity index (χ1n) is 7.08. The maximum Gasteiger partial charge on any atom is 0.329 e. The summed E-state index contributed by atoms with van der Waals surface area (Å²) in [7, 11) is 0. The lowest BCUT2D eigenvalue weighted by molar-refractivity contribution is -0.158. The van der Waals surface area contributed by atoms with Gasteiger partial charge < -0.3 is 15.8 Å². The molecule has 0 fully saturated rings. The largest absolute Gasteiger partial charge is 0.446 e. The van der Waals surface area contributed by atoms with Crippen LogP contribution in [0, 0.1) is 11.2 Å². The van der Waals surface area contributed by atoms with E-state index < -0.39 is 35.3 Å². The van der Waals surface area contributed by atoms with Crippen molar-refractivity contribution in [3.63, 3.8) is 0 Å². The van der Waals surface area contributed by atoms with Gasteiger partial charge in [-0.15, -0.1) is 0 Å². The van der Waals surface area contributed by atoms with Crippen LogP contribution in [0.2, 0.25) is 0 Å². The summed E-state index contributed by atoms with van der Waals surface area (Å²) < 4.78 is 18.0. The summed E-state index contributed by atoms with van der Waals surface area (Å²) in [5.74, 6) is -2.52. The summed E-state index contributed by atoms with van der Waals surface area (Å²) in [6.07, 6.45) is -1.35. The van der Waals surface area contributed by atoms with Crippen LogP contribution in [0.3, 0.4) is 0 Å². The highest BCUT2D eigenvalue weighted by molar-refractivity contribution is 5.89. The smallest absolute Gasteiger partial charge is 0.329 e. The Balaban J connectivity index is 2.80. The molecule has 0 saturated heterocycles. The van der Waals surface area contributed by atoms with E-state index in [-0.39, 0.29) is 11.5 Å². The number of hydrogen-bond donors (Lipinski definition) is 2. The molecule has 1 aromatic carbocycles. The molecule has 0 heterocycles. The predicted octanol–water partition coefficient (Wildman–Crippen LogP) is 1.45. The molecule has 126 valence electrons. The molecule has 2 atom stereocenters. The van der Waals surface area contributed by atoms with Gasteiger partial charge in [0.05, 0.1) is 0 Å². The van der Waals surface area contributed by atoms with E-state index in [0.29, 0.717) is 0 Å². The van der Waals surface area contributed by atoms with Gasteiger partial charge in [0.2, 0.25) is 12.0 Å². The second-order valence-corrected chi connectivity index (χ2v) is 6.22. The van der Waals surface area contributed by atoms with Gasteiger partial charge in [-0.1, -0.05) is 32.9 Å². The summed E-state index contributed by atoms with van der Waals surface area (Å²) in [6, 6.07) is 3.91. The van der Waals surface area contributed by atoms with Gasteiger partial charge in [-0.3, -0.25) is 9.59 Å². The molecule has 2 amide bonds. The minimum Gasteiger partial charge on any atom is -0.446 e. The molecule has 0 saturated carbocycles. The number of ether oxygens (including phenoxy) is 1. The molecule has 6 nitrogen and oxygen atoms in total. The van der Waals surface area contributed by atoms with Crippen LogP contribution in [0.15, 0.2) is 24.3 Å². The summed E-state index contributed by atoms with van der Waals surface area (Å²) in [6.45, 7) is 6.54. The van der Waals surface area contributed by atoms with E-state index in [4.69, 9.17) is 10.5 Å². The van der Waals surface area contributed by atoms with Crippen molar-refractivity contribution in [2.24, 2.45) is 11.1 Å². The van der Waals surface area contributed by atoms with E-state index in [2.05, 4.69) is 5.32 Å². The van der Waals surface area contributed by atoms with Gasteiger partial charge in [0.15, 0.2) is 0 Å². The Hall–Kier alpha value is -2.44. The number of primary amides is 1. The van der Waals surface area contributed by atoms with Gasteiger partial charge in [-0.2, -0.15) is 0 Å². The van der Waals surface area contributed by atoms with Crippen LogP contribution in [0.1, 0.15) is 39.4 Å². The molecule has 0 aliphatic rings. The number of carbonyl (C=O) groups is 3. The van der Waals surface area contributed by atoms with Gasteiger partial charge in [0.25, 0.3) is 5.91 Å². The van der Waals surface area contributed by atoms with E-state index in [0.717, 1.165) is 12.1 Å². The molecule has 0 bridgehead atoms. The first-order valence-corrected chi connectivity index (χ1v) is 7.08. The summed E-state index contributed by atoms with van der Waals surface area (Å²) >= 11 is 0. The predicted molar refractivity (Wildman–Crippen MR) is 81.5 cm³/mol. The number of benzene rings is 1. The van der Waals surface area contributed by atoms with E-state index in [9.17, 15) is 18.8 Å². The average Bonchev–Trinajstić information content (AvgIpc) is 2.44. The van der Waals surface area contributed by atoms with Crippen LogP contribution >= 0.6 is 0 Å². The molecule has 0 radical (unpaired) electrons. The number of nitrogens with one attached hydrogen (secondary N) is 1. The van der Waals surface area contributed by atoms with Crippen molar-refractivity contribution in [2.45, 2.75) is 39.8 Å². The Bertz CT molecular complexity index is 593. The third-order valence-corrected chi connectivity index (χ3v) is 3.05. The molecule has 0 unspecified atom stereocenters. The lowest BCUT2D eigenvalue weighted by Gasteiger charge is -2.22. The molecule has 7 heteroatoms. The summed E-state index contributed by atoms with van der Waals surface area (Å²) in [5, 5.41) is 2.50. The molecule has 1 rings (SSSR count). The van der Waals surface area contributed by atoms with Crippen LogP contribution in [0.4, 0.5) is 4.39 Å². The summed E-state index contributed by atoms with van der Waals surface area (Å²) in [5.41, 5.74) is 4.81. The third-order valence-electron chi connectivity index (χ3n) is 3.05. The Morgan fingerprint density at radius 3 is 2.13 bits per heavy atom. The van der Waals surface area contributed by atoms with E-state index in [1.807, 2.05) is 0 Å². The number of carbonyl (C=O) groups excluding carboxylic acids is 3. The zero-order chi connectivity index (χ0) is 17.8. The number of hydrogen-bond acceptors (Lipinski definition) is 4. The van der Waals surface area contributed by atoms with Gasteiger partial charge in [-0.25, -0.2) is 9.18 Å². The van der Waals surface area contributed by atoms with Crippen molar-refractivity contribution in [2.75, 3.05) is 0 Å². The van der Waals surface area contributed by atoms with E-state index in [1.54, 1.807) is 20.8 Å². The number of nitrogens with two attached hydrogens (primary N) is 1. The van der Waals surface area contributed by atoms with Crippen LogP contribution in [0.25, 0.3) is 0 Å². The normalized spacial score (nSPS) is 13.8. The second kappa shape index (κ2) is 7.21. The highest BCUT2D eigenvalue weighted by atomic mass is 19.1.